The Bertz CT molecular complexity index is 173. The molecular formula is C10H18O3. The lowest BCUT2D eigenvalue weighted by molar-refractivity contribution is -0.134. The van der Waals surface area contributed by atoms with Crippen LogP contribution < -0.4 is 0 Å². The van der Waals surface area contributed by atoms with Gasteiger partial charge in [0.2, 0.25) is 0 Å². The molecule has 13 heavy (non-hydrogen) atoms. The highest BCUT2D eigenvalue weighted by Gasteiger charge is 2.42. The summed E-state index contributed by atoms with van der Waals surface area (Å²) in [6.07, 6.45) is 3.90. The number of carbonyl (C=O) groups is 1. The lowest BCUT2D eigenvalue weighted by Gasteiger charge is -1.97. The molecule has 0 amide bonds. The van der Waals surface area contributed by atoms with E-state index in [0.29, 0.717) is 12.2 Å². The van der Waals surface area contributed by atoms with Crippen LogP contribution in [0, 0.1) is 11.8 Å². The first-order chi connectivity index (χ1) is 6.00. The first-order valence-corrected chi connectivity index (χ1v) is 4.85. The van der Waals surface area contributed by atoms with Crippen LogP contribution in [-0.4, -0.2) is 23.3 Å². The van der Waals surface area contributed by atoms with Crippen molar-refractivity contribution in [3.63, 3.8) is 0 Å². The van der Waals surface area contributed by atoms with Crippen molar-refractivity contribution in [3.8, 4) is 0 Å². The predicted octanol–water partition coefficient (Wildman–Crippen LogP) is 1.91. The molecule has 0 aromatic rings. The molecule has 1 N–H and O–H groups in total. The highest BCUT2D eigenvalue weighted by Crippen LogP contribution is 2.41. The summed E-state index contributed by atoms with van der Waals surface area (Å²) in [4.78, 5) is 9.00. The zero-order valence-corrected chi connectivity index (χ0v) is 8.49. The fraction of sp³-hybridized carbons (Fsp3) is 0.900. The maximum Gasteiger partial charge on any atom is 0.300 e. The van der Waals surface area contributed by atoms with Gasteiger partial charge in [-0.05, 0) is 24.7 Å². The van der Waals surface area contributed by atoms with E-state index in [-0.39, 0.29) is 0 Å². The monoisotopic (exact) mass is 186 g/mol. The third-order valence-electron chi connectivity index (χ3n) is 2.42. The van der Waals surface area contributed by atoms with E-state index in [1.165, 1.54) is 12.8 Å². The molecule has 3 nitrogen and oxygen atoms in total. The van der Waals surface area contributed by atoms with Crippen LogP contribution in [0.25, 0.3) is 0 Å². The number of carboxylic acid groups (broad SMARTS) is 1. The standard InChI is InChI=1S/C8H14O.C2H4O2/c1-5-3-7(5)9-8-4-6(8)2;1-2(3)4/h5-8H,3-4H2,1-2H3;1H3,(H,3,4). The van der Waals surface area contributed by atoms with Crippen molar-refractivity contribution in [1.29, 1.82) is 0 Å². The van der Waals surface area contributed by atoms with E-state index in [0.717, 1.165) is 18.8 Å². The molecule has 2 saturated carbocycles. The molecule has 2 fully saturated rings. The Morgan fingerprint density at radius 1 is 1.23 bits per heavy atom. The fourth-order valence-corrected chi connectivity index (χ4v) is 1.18. The topological polar surface area (TPSA) is 46.5 Å². The Balaban J connectivity index is 0.000000184. The van der Waals surface area contributed by atoms with Crippen LogP contribution in [0.5, 0.6) is 0 Å². The SMILES string of the molecule is CC(=O)O.CC1CC1OC1CC1C. The molecule has 0 bridgehead atoms. The smallest absolute Gasteiger partial charge is 0.300 e. The molecule has 0 heterocycles. The minimum absolute atomic E-state index is 0.639. The third-order valence-corrected chi connectivity index (χ3v) is 2.42. The van der Waals surface area contributed by atoms with Gasteiger partial charge in [-0.15, -0.1) is 0 Å². The van der Waals surface area contributed by atoms with E-state index in [1.807, 2.05) is 0 Å². The molecule has 0 aliphatic heterocycles. The van der Waals surface area contributed by atoms with Gasteiger partial charge in [-0.3, -0.25) is 4.79 Å². The Kier molecular flexibility index (Phi) is 3.31. The molecule has 0 aromatic carbocycles. The average Bonchev–Trinajstić information content (AvgIpc) is 2.79. The van der Waals surface area contributed by atoms with Crippen molar-refractivity contribution < 1.29 is 14.6 Å². The number of ether oxygens (including phenoxy) is 1. The van der Waals surface area contributed by atoms with Gasteiger partial charge in [-0.25, -0.2) is 0 Å². The summed E-state index contributed by atoms with van der Waals surface area (Å²) >= 11 is 0. The van der Waals surface area contributed by atoms with E-state index in [2.05, 4.69) is 13.8 Å². The predicted molar refractivity (Wildman–Crippen MR) is 49.5 cm³/mol. The van der Waals surface area contributed by atoms with Crippen molar-refractivity contribution in [3.05, 3.63) is 0 Å². The van der Waals surface area contributed by atoms with Crippen molar-refractivity contribution in [2.45, 2.75) is 45.8 Å². The second kappa shape index (κ2) is 4.09. The number of aliphatic carboxylic acids is 1. The Labute approximate surface area is 79.1 Å². The summed E-state index contributed by atoms with van der Waals surface area (Å²) in [5, 5.41) is 7.42. The Morgan fingerprint density at radius 2 is 1.46 bits per heavy atom. The normalized spacial score (nSPS) is 40.2. The quantitative estimate of drug-likeness (QED) is 0.716. The van der Waals surface area contributed by atoms with Gasteiger partial charge in [0.1, 0.15) is 0 Å². The van der Waals surface area contributed by atoms with E-state index >= 15 is 0 Å². The minimum Gasteiger partial charge on any atom is -0.481 e. The summed E-state index contributed by atoms with van der Waals surface area (Å²) in [6, 6.07) is 0. The molecular weight excluding hydrogens is 168 g/mol. The molecule has 0 saturated heterocycles. The van der Waals surface area contributed by atoms with Gasteiger partial charge in [-0.2, -0.15) is 0 Å². The third kappa shape index (κ3) is 4.27. The van der Waals surface area contributed by atoms with E-state index in [1.54, 1.807) is 0 Å². The summed E-state index contributed by atoms with van der Waals surface area (Å²) < 4.78 is 5.70. The molecule has 0 radical (unpaired) electrons. The van der Waals surface area contributed by atoms with Crippen LogP contribution in [-0.2, 0) is 9.53 Å². The maximum atomic E-state index is 9.00. The van der Waals surface area contributed by atoms with Gasteiger partial charge in [0.25, 0.3) is 5.97 Å². The summed E-state index contributed by atoms with van der Waals surface area (Å²) in [5.74, 6) is 0.885. The number of carboxylic acids is 1. The summed E-state index contributed by atoms with van der Waals surface area (Å²) in [5.41, 5.74) is 0. The van der Waals surface area contributed by atoms with Crippen LogP contribution in [0.4, 0.5) is 0 Å². The van der Waals surface area contributed by atoms with Gasteiger partial charge in [0.05, 0.1) is 12.2 Å². The van der Waals surface area contributed by atoms with Gasteiger partial charge in [0.15, 0.2) is 0 Å². The molecule has 0 aromatic heterocycles. The van der Waals surface area contributed by atoms with Crippen molar-refractivity contribution in [2.24, 2.45) is 11.8 Å². The molecule has 76 valence electrons. The Hall–Kier alpha value is -0.570. The minimum atomic E-state index is -0.833. The molecule has 4 unspecified atom stereocenters. The molecule has 3 heteroatoms. The number of rotatable bonds is 2. The van der Waals surface area contributed by atoms with Crippen LogP contribution in [0.1, 0.15) is 33.6 Å². The van der Waals surface area contributed by atoms with E-state index < -0.39 is 5.97 Å². The Morgan fingerprint density at radius 3 is 1.62 bits per heavy atom. The first kappa shape index (κ1) is 10.5. The van der Waals surface area contributed by atoms with Crippen LogP contribution >= 0.6 is 0 Å². The van der Waals surface area contributed by atoms with Crippen molar-refractivity contribution in [1.82, 2.24) is 0 Å². The van der Waals surface area contributed by atoms with E-state index in [9.17, 15) is 0 Å². The molecule has 4 atom stereocenters. The highest BCUT2D eigenvalue weighted by molar-refractivity contribution is 5.62. The van der Waals surface area contributed by atoms with Crippen LogP contribution in [0.2, 0.25) is 0 Å². The molecule has 2 aliphatic carbocycles. The first-order valence-electron chi connectivity index (χ1n) is 4.85. The fourth-order valence-electron chi connectivity index (χ4n) is 1.18. The lowest BCUT2D eigenvalue weighted by atomic mass is 10.5. The molecule has 2 rings (SSSR count). The largest absolute Gasteiger partial charge is 0.481 e. The van der Waals surface area contributed by atoms with Gasteiger partial charge >= 0.3 is 0 Å². The van der Waals surface area contributed by atoms with E-state index in [4.69, 9.17) is 14.6 Å². The highest BCUT2D eigenvalue weighted by atomic mass is 16.5. The molecule has 0 spiro atoms. The average molecular weight is 186 g/mol. The zero-order valence-electron chi connectivity index (χ0n) is 8.49. The zero-order chi connectivity index (χ0) is 10.0. The van der Waals surface area contributed by atoms with Crippen LogP contribution in [0.3, 0.4) is 0 Å². The second-order valence-corrected chi connectivity index (χ2v) is 4.16. The van der Waals surface area contributed by atoms with Crippen molar-refractivity contribution in [2.75, 3.05) is 0 Å². The van der Waals surface area contributed by atoms with Crippen molar-refractivity contribution >= 4 is 5.97 Å². The van der Waals surface area contributed by atoms with Gasteiger partial charge < -0.3 is 9.84 Å². The summed E-state index contributed by atoms with van der Waals surface area (Å²) in [6.45, 7) is 5.61. The second-order valence-electron chi connectivity index (χ2n) is 4.16. The summed E-state index contributed by atoms with van der Waals surface area (Å²) in [7, 11) is 0. The van der Waals surface area contributed by atoms with Gasteiger partial charge in [0, 0.05) is 6.92 Å². The van der Waals surface area contributed by atoms with Gasteiger partial charge in [-0.1, -0.05) is 13.8 Å². The molecule has 2 aliphatic rings. The number of hydrogen-bond acceptors (Lipinski definition) is 2. The maximum absolute atomic E-state index is 9.00. The van der Waals surface area contributed by atoms with Crippen LogP contribution in [0.15, 0.2) is 0 Å². The number of hydrogen-bond donors (Lipinski definition) is 1. The lowest BCUT2D eigenvalue weighted by Crippen LogP contribution is -1.99.